The number of benzene rings is 1. The summed E-state index contributed by atoms with van der Waals surface area (Å²) >= 11 is 5.57. The summed E-state index contributed by atoms with van der Waals surface area (Å²) in [6, 6.07) is 8.01. The summed E-state index contributed by atoms with van der Waals surface area (Å²) in [4.78, 5) is 17.1. The van der Waals surface area contributed by atoms with Crippen molar-refractivity contribution in [3.63, 3.8) is 0 Å². The first-order valence-electron chi connectivity index (χ1n) is 10.5. The Labute approximate surface area is 177 Å². The van der Waals surface area contributed by atoms with Crippen LogP contribution in [0.2, 0.25) is 0 Å². The molecule has 156 valence electrons. The summed E-state index contributed by atoms with van der Waals surface area (Å²) in [7, 11) is 2.02. The van der Waals surface area contributed by atoms with Crippen LogP contribution < -0.4 is 5.32 Å². The van der Waals surface area contributed by atoms with Gasteiger partial charge in [0.2, 0.25) is 5.91 Å². The van der Waals surface area contributed by atoms with Crippen molar-refractivity contribution in [3.05, 3.63) is 40.4 Å². The van der Waals surface area contributed by atoms with Crippen LogP contribution in [-0.2, 0) is 24.9 Å². The molecule has 0 atom stereocenters. The molecule has 1 aromatic carbocycles. The molecule has 0 bridgehead atoms. The third kappa shape index (κ3) is 4.76. The molecule has 0 radical (unpaired) electrons. The molecule has 2 fully saturated rings. The van der Waals surface area contributed by atoms with E-state index in [4.69, 9.17) is 17.3 Å². The Hall–Kier alpha value is -2.03. The third-order valence-corrected chi connectivity index (χ3v) is 6.34. The number of carbonyl (C=O) groups excluding carboxylic acids is 1. The first kappa shape index (κ1) is 20.3. The quantitative estimate of drug-likeness (QED) is 0.706. The summed E-state index contributed by atoms with van der Waals surface area (Å²) in [5.74, 6) is 1.77. The Morgan fingerprint density at radius 1 is 1.17 bits per heavy atom. The maximum atomic E-state index is 12.5. The summed E-state index contributed by atoms with van der Waals surface area (Å²) in [6.07, 6.45) is 3.36. The summed E-state index contributed by atoms with van der Waals surface area (Å²) < 4.78 is 4.80. The van der Waals surface area contributed by atoms with Crippen LogP contribution in [0.5, 0.6) is 0 Å². The second-order valence-corrected chi connectivity index (χ2v) is 8.43. The standard InChI is InChI=1S/C21H30N6OS/c1-3-16-6-4-5-7-18(16)22-19(28)14-25-10-12-26(13-11-25)15-27-21(29)24(2)20(23-27)17-8-9-17/h4-7,17H,3,8-15H2,1-2H3,(H,22,28). The lowest BCUT2D eigenvalue weighted by Gasteiger charge is -2.34. The van der Waals surface area contributed by atoms with Gasteiger partial charge < -0.3 is 9.88 Å². The number of amides is 1. The fourth-order valence-corrected chi connectivity index (χ4v) is 4.11. The van der Waals surface area contributed by atoms with Crippen LogP contribution in [0.4, 0.5) is 5.69 Å². The van der Waals surface area contributed by atoms with Gasteiger partial charge in [0.05, 0.1) is 13.2 Å². The number of nitrogens with one attached hydrogen (secondary N) is 1. The maximum absolute atomic E-state index is 12.5. The number of para-hydroxylation sites is 1. The molecule has 1 N–H and O–H groups in total. The van der Waals surface area contributed by atoms with E-state index in [1.165, 1.54) is 18.4 Å². The monoisotopic (exact) mass is 414 g/mol. The molecule has 1 saturated carbocycles. The van der Waals surface area contributed by atoms with Crippen molar-refractivity contribution in [1.29, 1.82) is 0 Å². The average Bonchev–Trinajstić information content (AvgIpc) is 3.53. The minimum atomic E-state index is 0.0559. The van der Waals surface area contributed by atoms with Crippen molar-refractivity contribution in [3.8, 4) is 0 Å². The molecule has 29 heavy (non-hydrogen) atoms. The zero-order valence-electron chi connectivity index (χ0n) is 17.3. The topological polar surface area (TPSA) is 58.3 Å². The Balaban J connectivity index is 1.27. The number of nitrogens with zero attached hydrogens (tertiary/aromatic N) is 5. The van der Waals surface area contributed by atoms with Crippen molar-refractivity contribution < 1.29 is 4.79 Å². The molecule has 7 nitrogen and oxygen atoms in total. The van der Waals surface area contributed by atoms with Crippen LogP contribution in [0.3, 0.4) is 0 Å². The molecular formula is C21H30N6OS. The van der Waals surface area contributed by atoms with Gasteiger partial charge in [-0.05, 0) is 43.1 Å². The van der Waals surface area contributed by atoms with Crippen LogP contribution in [0.15, 0.2) is 24.3 Å². The number of piperazine rings is 1. The zero-order valence-corrected chi connectivity index (χ0v) is 18.1. The van der Waals surface area contributed by atoms with E-state index in [1.54, 1.807) is 0 Å². The number of hydrogen-bond donors (Lipinski definition) is 1. The molecule has 1 aliphatic carbocycles. The highest BCUT2D eigenvalue weighted by molar-refractivity contribution is 7.71. The highest BCUT2D eigenvalue weighted by atomic mass is 32.1. The van der Waals surface area contributed by atoms with Crippen LogP contribution in [0, 0.1) is 4.77 Å². The van der Waals surface area contributed by atoms with Crippen LogP contribution >= 0.6 is 12.2 Å². The van der Waals surface area contributed by atoms with Gasteiger partial charge in [-0.25, -0.2) is 4.68 Å². The highest BCUT2D eigenvalue weighted by Gasteiger charge is 2.29. The van der Waals surface area contributed by atoms with Gasteiger partial charge >= 0.3 is 0 Å². The van der Waals surface area contributed by atoms with E-state index in [9.17, 15) is 4.79 Å². The molecule has 4 rings (SSSR count). The molecule has 0 spiro atoms. The second-order valence-electron chi connectivity index (χ2n) is 8.07. The van der Waals surface area contributed by atoms with Crippen molar-refractivity contribution in [2.24, 2.45) is 7.05 Å². The number of hydrogen-bond acceptors (Lipinski definition) is 5. The predicted molar refractivity (Wildman–Crippen MR) is 116 cm³/mol. The van der Waals surface area contributed by atoms with E-state index >= 15 is 0 Å². The molecule has 2 heterocycles. The average molecular weight is 415 g/mol. The largest absolute Gasteiger partial charge is 0.325 e. The van der Waals surface area contributed by atoms with Crippen molar-refractivity contribution in [2.45, 2.75) is 38.8 Å². The summed E-state index contributed by atoms with van der Waals surface area (Å²) in [6.45, 7) is 6.83. The van der Waals surface area contributed by atoms with Crippen LogP contribution in [0.1, 0.15) is 37.1 Å². The van der Waals surface area contributed by atoms with Gasteiger partial charge in [0, 0.05) is 44.8 Å². The molecule has 1 amide bonds. The Bertz CT molecular complexity index is 923. The van der Waals surface area contributed by atoms with Crippen molar-refractivity contribution >= 4 is 23.8 Å². The molecule has 0 unspecified atom stereocenters. The lowest BCUT2D eigenvalue weighted by atomic mass is 10.1. The fourth-order valence-electron chi connectivity index (χ4n) is 3.92. The van der Waals surface area contributed by atoms with Gasteiger partial charge in [0.15, 0.2) is 4.77 Å². The number of rotatable bonds is 7. The highest BCUT2D eigenvalue weighted by Crippen LogP contribution is 2.38. The van der Waals surface area contributed by atoms with Crippen LogP contribution in [0.25, 0.3) is 0 Å². The van der Waals surface area contributed by atoms with E-state index in [0.29, 0.717) is 12.5 Å². The molecule has 2 aliphatic rings. The first-order valence-corrected chi connectivity index (χ1v) is 10.9. The molecule has 1 aliphatic heterocycles. The maximum Gasteiger partial charge on any atom is 0.238 e. The Kier molecular flexibility index (Phi) is 6.12. The zero-order chi connectivity index (χ0) is 20.4. The van der Waals surface area contributed by atoms with Gasteiger partial charge in [0.1, 0.15) is 5.82 Å². The lowest BCUT2D eigenvalue weighted by Crippen LogP contribution is -2.49. The van der Waals surface area contributed by atoms with Gasteiger partial charge in [-0.2, -0.15) is 5.10 Å². The van der Waals surface area contributed by atoms with E-state index in [1.807, 2.05) is 29.9 Å². The van der Waals surface area contributed by atoms with Crippen LogP contribution in [-0.4, -0.2) is 62.8 Å². The summed E-state index contributed by atoms with van der Waals surface area (Å²) in [5, 5.41) is 7.82. The second kappa shape index (κ2) is 8.77. The predicted octanol–water partition coefficient (Wildman–Crippen LogP) is 2.60. The SMILES string of the molecule is CCc1ccccc1NC(=O)CN1CCN(Cn2nc(C3CC3)n(C)c2=S)CC1. The first-order chi connectivity index (χ1) is 14.0. The normalized spacial score (nSPS) is 18.1. The number of aryl methyl sites for hydroxylation is 1. The number of anilines is 1. The van der Waals surface area contributed by atoms with E-state index < -0.39 is 0 Å². The molecule has 2 aromatic rings. The minimum Gasteiger partial charge on any atom is -0.325 e. The van der Waals surface area contributed by atoms with Gasteiger partial charge in [-0.3, -0.25) is 14.6 Å². The van der Waals surface area contributed by atoms with E-state index in [-0.39, 0.29) is 5.91 Å². The van der Waals surface area contributed by atoms with Crippen molar-refractivity contribution in [2.75, 3.05) is 38.0 Å². The van der Waals surface area contributed by atoms with E-state index in [0.717, 1.165) is 55.6 Å². The Morgan fingerprint density at radius 3 is 2.55 bits per heavy atom. The summed E-state index contributed by atoms with van der Waals surface area (Å²) in [5.41, 5.74) is 2.10. The molecule has 1 saturated heterocycles. The smallest absolute Gasteiger partial charge is 0.238 e. The molecular weight excluding hydrogens is 384 g/mol. The minimum absolute atomic E-state index is 0.0559. The molecule has 8 heteroatoms. The van der Waals surface area contributed by atoms with Crippen molar-refractivity contribution in [1.82, 2.24) is 24.1 Å². The lowest BCUT2D eigenvalue weighted by molar-refractivity contribution is -0.117. The number of carbonyl (C=O) groups is 1. The Morgan fingerprint density at radius 2 is 1.86 bits per heavy atom. The van der Waals surface area contributed by atoms with Gasteiger partial charge in [0.25, 0.3) is 0 Å². The number of aromatic nitrogens is 3. The fraction of sp³-hybridized carbons (Fsp3) is 0.571. The third-order valence-electron chi connectivity index (χ3n) is 5.86. The van der Waals surface area contributed by atoms with Gasteiger partial charge in [-0.1, -0.05) is 25.1 Å². The van der Waals surface area contributed by atoms with E-state index in [2.05, 4.69) is 32.7 Å². The van der Waals surface area contributed by atoms with Gasteiger partial charge in [-0.15, -0.1) is 0 Å². The molecule has 1 aromatic heterocycles.